The smallest absolute Gasteiger partial charge is 0.348 e. The minimum absolute atomic E-state index is 0.0435. The molecule has 2 rings (SSSR count). The van der Waals surface area contributed by atoms with Crippen LogP contribution in [-0.2, 0) is 14.0 Å². The summed E-state index contributed by atoms with van der Waals surface area (Å²) in [6, 6.07) is 3.01. The Balaban J connectivity index is 2.02. The fraction of sp³-hybridized carbons (Fsp3) is 0.682. The molecule has 0 aromatic carbocycles. The number of nitrogens with one attached hydrogen (secondary N) is 1. The maximum Gasteiger partial charge on any atom is 0.348 e. The van der Waals surface area contributed by atoms with Crippen molar-refractivity contribution in [3.63, 3.8) is 0 Å². The van der Waals surface area contributed by atoms with Crippen molar-refractivity contribution in [2.75, 3.05) is 0 Å². The molecule has 1 aliphatic heterocycles. The van der Waals surface area contributed by atoms with Crippen LogP contribution in [0, 0.1) is 5.92 Å². The third kappa shape index (κ3) is 5.80. The summed E-state index contributed by atoms with van der Waals surface area (Å²) in [6.45, 7) is 18.1. The van der Waals surface area contributed by atoms with Gasteiger partial charge in [-0.2, -0.15) is 0 Å². The Morgan fingerprint density at radius 1 is 1.13 bits per heavy atom. The number of carbonyl (C=O) groups is 3. The van der Waals surface area contributed by atoms with E-state index in [1.807, 2.05) is 6.92 Å². The van der Waals surface area contributed by atoms with Crippen LogP contribution in [0.4, 0.5) is 0 Å². The minimum Gasteiger partial charge on any atom is -0.456 e. The van der Waals surface area contributed by atoms with Gasteiger partial charge >= 0.3 is 5.97 Å². The predicted molar refractivity (Wildman–Crippen MR) is 122 cm³/mol. The molecule has 168 valence electrons. The molecule has 1 saturated heterocycles. The van der Waals surface area contributed by atoms with E-state index in [0.717, 1.165) is 11.3 Å². The molecule has 1 aromatic heterocycles. The fourth-order valence-corrected chi connectivity index (χ4v) is 5.38. The number of ether oxygens (including phenoxy) is 1. The SMILES string of the molecule is C[C@H](O[Si](C)(C)C(C)(C)C)[C@H]1C(=O)N[C@@H]1CC(=O)c1ccc(C(=O)OC(C)(C)C)s1. The van der Waals surface area contributed by atoms with Gasteiger partial charge in [-0.3, -0.25) is 9.59 Å². The van der Waals surface area contributed by atoms with Crippen LogP contribution >= 0.6 is 11.3 Å². The second-order valence-corrected chi connectivity index (χ2v) is 16.4. The van der Waals surface area contributed by atoms with Crippen LogP contribution in [0.25, 0.3) is 0 Å². The summed E-state index contributed by atoms with van der Waals surface area (Å²) in [6.07, 6.45) is -0.0614. The summed E-state index contributed by atoms with van der Waals surface area (Å²) >= 11 is 1.13. The van der Waals surface area contributed by atoms with Gasteiger partial charge in [0.05, 0.1) is 22.9 Å². The highest BCUT2D eigenvalue weighted by Gasteiger charge is 2.48. The second kappa shape index (κ2) is 8.55. The highest BCUT2D eigenvalue weighted by Crippen LogP contribution is 2.39. The van der Waals surface area contributed by atoms with Gasteiger partial charge < -0.3 is 14.5 Å². The average molecular weight is 454 g/mol. The molecule has 1 fully saturated rings. The number of esters is 1. The summed E-state index contributed by atoms with van der Waals surface area (Å²) in [5.41, 5.74) is -0.588. The van der Waals surface area contributed by atoms with E-state index in [1.165, 1.54) is 0 Å². The van der Waals surface area contributed by atoms with Crippen molar-refractivity contribution < 1.29 is 23.5 Å². The molecule has 0 saturated carbocycles. The van der Waals surface area contributed by atoms with Gasteiger partial charge in [0, 0.05) is 6.42 Å². The highest BCUT2D eigenvalue weighted by atomic mass is 32.1. The first-order chi connectivity index (χ1) is 13.5. The lowest BCUT2D eigenvalue weighted by molar-refractivity contribution is -0.139. The molecule has 0 spiro atoms. The van der Waals surface area contributed by atoms with Crippen molar-refractivity contribution in [1.82, 2.24) is 5.32 Å². The molecule has 8 heteroatoms. The minimum atomic E-state index is -2.02. The topological polar surface area (TPSA) is 81.7 Å². The number of Topliss-reactive ketones (excluding diaryl/α,β-unsaturated/α-hetero) is 1. The second-order valence-electron chi connectivity index (χ2n) is 10.5. The van der Waals surface area contributed by atoms with Crippen molar-refractivity contribution >= 4 is 37.3 Å². The largest absolute Gasteiger partial charge is 0.456 e. The van der Waals surface area contributed by atoms with Crippen LogP contribution in [0.1, 0.15) is 74.2 Å². The van der Waals surface area contributed by atoms with E-state index in [-0.39, 0.29) is 41.2 Å². The first kappa shape index (κ1) is 24.8. The molecule has 1 aromatic rings. The van der Waals surface area contributed by atoms with Gasteiger partial charge in [-0.05, 0) is 58.0 Å². The van der Waals surface area contributed by atoms with E-state index in [4.69, 9.17) is 9.16 Å². The maximum atomic E-state index is 12.8. The fourth-order valence-electron chi connectivity index (χ4n) is 3.11. The van der Waals surface area contributed by atoms with Crippen molar-refractivity contribution in [2.24, 2.45) is 5.92 Å². The molecule has 1 amide bonds. The average Bonchev–Trinajstić information content (AvgIpc) is 3.00. The lowest BCUT2D eigenvalue weighted by Crippen LogP contribution is -2.64. The lowest BCUT2D eigenvalue weighted by atomic mass is 9.83. The number of hydrogen-bond acceptors (Lipinski definition) is 6. The quantitative estimate of drug-likeness (QED) is 0.277. The van der Waals surface area contributed by atoms with Crippen molar-refractivity contribution in [2.45, 2.75) is 90.8 Å². The molecule has 6 nitrogen and oxygen atoms in total. The summed E-state index contributed by atoms with van der Waals surface area (Å²) in [5.74, 6) is -0.935. The number of hydrogen-bond donors (Lipinski definition) is 1. The normalized spacial score (nSPS) is 20.9. The van der Waals surface area contributed by atoms with Crippen molar-refractivity contribution in [3.8, 4) is 0 Å². The Labute approximate surface area is 184 Å². The van der Waals surface area contributed by atoms with Crippen LogP contribution in [0.5, 0.6) is 0 Å². The van der Waals surface area contributed by atoms with Gasteiger partial charge in [0.1, 0.15) is 10.5 Å². The Morgan fingerprint density at radius 2 is 1.70 bits per heavy atom. The number of thiophene rings is 1. The molecule has 0 unspecified atom stereocenters. The van der Waals surface area contributed by atoms with E-state index in [2.05, 4.69) is 39.2 Å². The number of ketones is 1. The number of β-lactam (4-membered cyclic amide) rings is 1. The van der Waals surface area contributed by atoms with Gasteiger partial charge in [-0.15, -0.1) is 11.3 Å². The molecule has 0 radical (unpaired) electrons. The summed E-state index contributed by atoms with van der Waals surface area (Å²) in [4.78, 5) is 38.1. The first-order valence-electron chi connectivity index (χ1n) is 10.4. The summed E-state index contributed by atoms with van der Waals surface area (Å²) < 4.78 is 11.7. The van der Waals surface area contributed by atoms with Crippen LogP contribution in [0.3, 0.4) is 0 Å². The van der Waals surface area contributed by atoms with E-state index in [1.54, 1.807) is 32.9 Å². The Bertz CT molecular complexity index is 818. The zero-order chi connectivity index (χ0) is 23.1. The van der Waals surface area contributed by atoms with Gasteiger partial charge in [0.25, 0.3) is 0 Å². The molecular formula is C22H35NO5SSi. The van der Waals surface area contributed by atoms with Gasteiger partial charge in [-0.25, -0.2) is 4.79 Å². The van der Waals surface area contributed by atoms with Gasteiger partial charge in [-0.1, -0.05) is 20.8 Å². The van der Waals surface area contributed by atoms with E-state index < -0.39 is 19.9 Å². The molecule has 30 heavy (non-hydrogen) atoms. The molecule has 1 N–H and O–H groups in total. The van der Waals surface area contributed by atoms with E-state index in [0.29, 0.717) is 9.75 Å². The van der Waals surface area contributed by atoms with Crippen LogP contribution in [0.2, 0.25) is 18.1 Å². The lowest BCUT2D eigenvalue weighted by Gasteiger charge is -2.45. The summed E-state index contributed by atoms with van der Waals surface area (Å²) in [7, 11) is -2.02. The monoisotopic (exact) mass is 453 g/mol. The molecule has 2 heterocycles. The standard InChI is InChI=1S/C22H35NO5SSi/c1-13(28-30(8,9)22(5,6)7)18-14(23-19(18)25)12-15(24)16-10-11-17(29-16)20(26)27-21(2,3)4/h10-11,13-14,18H,12H2,1-9H3,(H,23,25)/t13-,14+,18+/m0/s1. The van der Waals surface area contributed by atoms with Crippen LogP contribution in [-0.4, -0.2) is 43.7 Å². The zero-order valence-electron chi connectivity index (χ0n) is 19.5. The van der Waals surface area contributed by atoms with Crippen LogP contribution < -0.4 is 5.32 Å². The van der Waals surface area contributed by atoms with Crippen molar-refractivity contribution in [3.05, 3.63) is 21.9 Å². The van der Waals surface area contributed by atoms with Crippen molar-refractivity contribution in [1.29, 1.82) is 0 Å². The maximum absolute atomic E-state index is 12.8. The molecule has 0 aliphatic carbocycles. The molecule has 3 atom stereocenters. The predicted octanol–water partition coefficient (Wildman–Crippen LogP) is 4.80. The zero-order valence-corrected chi connectivity index (χ0v) is 21.4. The third-order valence-corrected chi connectivity index (χ3v) is 11.4. The number of amides is 1. The van der Waals surface area contributed by atoms with Gasteiger partial charge in [0.15, 0.2) is 14.1 Å². The summed E-state index contributed by atoms with van der Waals surface area (Å²) in [5, 5.41) is 2.89. The van der Waals surface area contributed by atoms with Crippen LogP contribution in [0.15, 0.2) is 12.1 Å². The van der Waals surface area contributed by atoms with E-state index >= 15 is 0 Å². The Hall–Kier alpha value is -1.51. The highest BCUT2D eigenvalue weighted by molar-refractivity contribution is 7.15. The molecular weight excluding hydrogens is 418 g/mol. The third-order valence-electron chi connectivity index (χ3n) is 5.74. The molecule has 0 bridgehead atoms. The first-order valence-corrected chi connectivity index (χ1v) is 14.1. The molecule has 1 aliphatic rings. The van der Waals surface area contributed by atoms with Gasteiger partial charge in [0.2, 0.25) is 5.91 Å². The Kier molecular flexibility index (Phi) is 7.06. The van der Waals surface area contributed by atoms with E-state index in [9.17, 15) is 14.4 Å². The Morgan fingerprint density at radius 3 is 2.20 bits per heavy atom. The number of carbonyl (C=O) groups excluding carboxylic acids is 3. The number of rotatable bonds is 7.